The predicted octanol–water partition coefficient (Wildman–Crippen LogP) is 2.60. The quantitative estimate of drug-likeness (QED) is 0.814. The van der Waals surface area contributed by atoms with Gasteiger partial charge in [0, 0.05) is 18.4 Å². The molecule has 1 aromatic carbocycles. The van der Waals surface area contributed by atoms with Crippen LogP contribution in [0.25, 0.3) is 0 Å². The summed E-state index contributed by atoms with van der Waals surface area (Å²) >= 11 is 1.63. The molecule has 0 fully saturated rings. The number of ether oxygens (including phenoxy) is 1. The molecule has 1 heterocycles. The Balaban J connectivity index is 2.23. The van der Waals surface area contributed by atoms with Crippen LogP contribution in [0, 0.1) is 0 Å². The molecule has 0 spiro atoms. The number of nitrogens with zero attached hydrogens (tertiary/aromatic N) is 1. The van der Waals surface area contributed by atoms with E-state index in [2.05, 4.69) is 16.0 Å². The van der Waals surface area contributed by atoms with Crippen LogP contribution in [0.5, 0.6) is 5.75 Å². The van der Waals surface area contributed by atoms with E-state index in [1.807, 2.05) is 31.3 Å². The number of benzene rings is 1. The molecule has 3 N–H and O–H groups in total. The predicted molar refractivity (Wildman–Crippen MR) is 73.8 cm³/mol. The van der Waals surface area contributed by atoms with Crippen molar-refractivity contribution in [2.75, 3.05) is 7.11 Å². The Kier molecular flexibility index (Phi) is 4.28. The molecule has 0 saturated heterocycles. The summed E-state index contributed by atoms with van der Waals surface area (Å²) in [5.41, 5.74) is 7.22. The van der Waals surface area contributed by atoms with Crippen LogP contribution in [0.4, 0.5) is 0 Å². The number of aromatic nitrogens is 2. The highest BCUT2D eigenvalue weighted by molar-refractivity contribution is 7.99. The Morgan fingerprint density at radius 1 is 1.44 bits per heavy atom. The minimum atomic E-state index is 0.0206. The van der Waals surface area contributed by atoms with Gasteiger partial charge in [0.2, 0.25) is 0 Å². The molecule has 0 radical (unpaired) electrons. The lowest BCUT2D eigenvalue weighted by Gasteiger charge is -2.20. The summed E-state index contributed by atoms with van der Waals surface area (Å²) in [6.45, 7) is 2.00. The lowest BCUT2D eigenvalue weighted by molar-refractivity contribution is 0.414. The number of hydrogen-bond donors (Lipinski definition) is 2. The fourth-order valence-electron chi connectivity index (χ4n) is 1.73. The Morgan fingerprint density at radius 3 is 2.89 bits per heavy atom. The van der Waals surface area contributed by atoms with Crippen molar-refractivity contribution in [2.24, 2.45) is 5.73 Å². The second-order valence-corrected chi connectivity index (χ2v) is 5.20. The maximum absolute atomic E-state index is 6.07. The summed E-state index contributed by atoms with van der Waals surface area (Å²) in [6.07, 6.45) is 3.55. The molecule has 18 heavy (non-hydrogen) atoms. The molecule has 0 bridgehead atoms. The molecule has 0 aliphatic heterocycles. The van der Waals surface area contributed by atoms with Crippen molar-refractivity contribution in [3.63, 3.8) is 0 Å². The lowest BCUT2D eigenvalue weighted by atomic mass is 10.1. The molecule has 0 aliphatic rings. The lowest BCUT2D eigenvalue weighted by Crippen LogP contribution is -2.22. The van der Waals surface area contributed by atoms with E-state index in [0.29, 0.717) is 0 Å². The second kappa shape index (κ2) is 5.93. The largest absolute Gasteiger partial charge is 0.497 e. The molecule has 0 amide bonds. The van der Waals surface area contributed by atoms with Gasteiger partial charge in [-0.3, -0.25) is 0 Å². The number of aromatic amines is 1. The zero-order valence-electron chi connectivity index (χ0n) is 10.5. The number of rotatable bonds is 5. The van der Waals surface area contributed by atoms with Crippen molar-refractivity contribution < 1.29 is 4.74 Å². The Hall–Kier alpha value is -1.46. The van der Waals surface area contributed by atoms with Gasteiger partial charge >= 0.3 is 0 Å². The van der Waals surface area contributed by atoms with Crippen molar-refractivity contribution in [3.8, 4) is 5.75 Å². The summed E-state index contributed by atoms with van der Waals surface area (Å²) in [4.78, 5) is 7.31. The maximum atomic E-state index is 6.07. The summed E-state index contributed by atoms with van der Waals surface area (Å²) in [5, 5.41) is 1.02. The van der Waals surface area contributed by atoms with Crippen LogP contribution in [-0.4, -0.2) is 23.1 Å². The third kappa shape index (κ3) is 3.05. The molecular formula is C13H17N3OS. The average Bonchev–Trinajstić information content (AvgIpc) is 2.88. The minimum Gasteiger partial charge on any atom is -0.497 e. The van der Waals surface area contributed by atoms with E-state index in [1.165, 1.54) is 0 Å². The number of methoxy groups -OCH3 is 1. The van der Waals surface area contributed by atoms with Gasteiger partial charge in [-0.1, -0.05) is 23.9 Å². The van der Waals surface area contributed by atoms with Crippen LogP contribution in [-0.2, 0) is 0 Å². The zero-order valence-corrected chi connectivity index (χ0v) is 11.3. The van der Waals surface area contributed by atoms with Gasteiger partial charge in [0.15, 0.2) is 5.16 Å². The zero-order chi connectivity index (χ0) is 13.0. The Bertz CT molecular complexity index is 485. The third-order valence-electron chi connectivity index (χ3n) is 2.61. The van der Waals surface area contributed by atoms with E-state index in [0.717, 1.165) is 16.5 Å². The highest BCUT2D eigenvalue weighted by Crippen LogP contribution is 2.36. The van der Waals surface area contributed by atoms with E-state index in [1.54, 1.807) is 25.1 Å². The van der Waals surface area contributed by atoms with Crippen molar-refractivity contribution in [1.82, 2.24) is 9.97 Å². The van der Waals surface area contributed by atoms with E-state index in [-0.39, 0.29) is 11.3 Å². The van der Waals surface area contributed by atoms with Gasteiger partial charge in [0.05, 0.1) is 12.4 Å². The van der Waals surface area contributed by atoms with Crippen LogP contribution in [0.1, 0.15) is 17.7 Å². The molecule has 2 rings (SSSR count). The molecular weight excluding hydrogens is 246 g/mol. The summed E-state index contributed by atoms with van der Waals surface area (Å²) in [5.74, 6) is 0.846. The summed E-state index contributed by atoms with van der Waals surface area (Å²) in [6, 6.07) is 8.01. The van der Waals surface area contributed by atoms with Crippen molar-refractivity contribution in [3.05, 3.63) is 42.2 Å². The van der Waals surface area contributed by atoms with E-state index < -0.39 is 0 Å². The topological polar surface area (TPSA) is 63.9 Å². The van der Waals surface area contributed by atoms with Gasteiger partial charge < -0.3 is 15.5 Å². The number of thioether (sulfide) groups is 1. The van der Waals surface area contributed by atoms with Gasteiger partial charge in [-0.15, -0.1) is 0 Å². The Labute approximate surface area is 111 Å². The number of hydrogen-bond acceptors (Lipinski definition) is 4. The molecule has 2 unspecified atom stereocenters. The third-order valence-corrected chi connectivity index (χ3v) is 4.01. The number of nitrogens with one attached hydrogen (secondary N) is 1. The number of nitrogens with two attached hydrogens (primary N) is 1. The van der Waals surface area contributed by atoms with Crippen LogP contribution in [0.3, 0.4) is 0 Å². The van der Waals surface area contributed by atoms with Crippen molar-refractivity contribution in [2.45, 2.75) is 23.4 Å². The highest BCUT2D eigenvalue weighted by atomic mass is 32.2. The van der Waals surface area contributed by atoms with E-state index in [4.69, 9.17) is 10.5 Å². The first kappa shape index (κ1) is 13.0. The van der Waals surface area contributed by atoms with Gasteiger partial charge in [-0.2, -0.15) is 0 Å². The van der Waals surface area contributed by atoms with E-state index in [9.17, 15) is 0 Å². The van der Waals surface area contributed by atoms with Crippen LogP contribution in [0.15, 0.2) is 41.8 Å². The second-order valence-electron chi connectivity index (χ2n) is 4.07. The molecule has 2 atom stereocenters. The fourth-order valence-corrected chi connectivity index (χ4v) is 2.73. The summed E-state index contributed by atoms with van der Waals surface area (Å²) < 4.78 is 5.25. The molecule has 5 heteroatoms. The Morgan fingerprint density at radius 2 is 2.28 bits per heavy atom. The molecule has 0 saturated carbocycles. The highest BCUT2D eigenvalue weighted by Gasteiger charge is 2.19. The first-order valence-corrected chi connectivity index (χ1v) is 6.64. The number of imidazole rings is 1. The van der Waals surface area contributed by atoms with E-state index >= 15 is 0 Å². The van der Waals surface area contributed by atoms with Gasteiger partial charge in [0.25, 0.3) is 0 Å². The van der Waals surface area contributed by atoms with Crippen molar-refractivity contribution in [1.29, 1.82) is 0 Å². The van der Waals surface area contributed by atoms with Crippen LogP contribution >= 0.6 is 11.8 Å². The average molecular weight is 263 g/mol. The van der Waals surface area contributed by atoms with Gasteiger partial charge in [0.1, 0.15) is 5.75 Å². The van der Waals surface area contributed by atoms with Gasteiger partial charge in [-0.05, 0) is 24.6 Å². The SMILES string of the molecule is COc1cccc(C(Sc2ncc[nH]2)C(C)N)c1. The monoisotopic (exact) mass is 263 g/mol. The van der Waals surface area contributed by atoms with Crippen LogP contribution < -0.4 is 10.5 Å². The maximum Gasteiger partial charge on any atom is 0.165 e. The van der Waals surface area contributed by atoms with Crippen LogP contribution in [0.2, 0.25) is 0 Å². The molecule has 0 aliphatic carbocycles. The number of H-pyrrole nitrogens is 1. The standard InChI is InChI=1S/C13H17N3OS/c1-9(14)12(18-13-15-6-7-16-13)10-4-3-5-11(8-10)17-2/h3-9,12H,14H2,1-2H3,(H,15,16). The molecule has 4 nitrogen and oxygen atoms in total. The first-order chi connectivity index (χ1) is 8.70. The minimum absolute atomic E-state index is 0.0206. The normalized spacial score (nSPS) is 14.2. The first-order valence-electron chi connectivity index (χ1n) is 5.76. The molecule has 96 valence electrons. The van der Waals surface area contributed by atoms with Gasteiger partial charge in [-0.25, -0.2) is 4.98 Å². The fraction of sp³-hybridized carbons (Fsp3) is 0.308. The summed E-state index contributed by atoms with van der Waals surface area (Å²) in [7, 11) is 1.67. The molecule has 2 aromatic rings. The van der Waals surface area contributed by atoms with Crippen molar-refractivity contribution >= 4 is 11.8 Å². The smallest absolute Gasteiger partial charge is 0.165 e. The molecule has 1 aromatic heterocycles.